The normalized spacial score (nSPS) is 25.6. The quantitative estimate of drug-likeness (QED) is 0.649. The molecule has 0 aromatic carbocycles. The predicted octanol–water partition coefficient (Wildman–Crippen LogP) is 0.778. The molecule has 1 aliphatic rings. The van der Waals surface area contributed by atoms with Gasteiger partial charge in [-0.05, 0) is 59.3 Å². The Hall–Kier alpha value is -0.170. The first kappa shape index (κ1) is 16.9. The zero-order valence-electron chi connectivity index (χ0n) is 12.5. The first-order chi connectivity index (χ1) is 8.94. The summed E-state index contributed by atoms with van der Waals surface area (Å²) in [6, 6.07) is 0.570. The van der Waals surface area contributed by atoms with Crippen molar-refractivity contribution in [3.63, 3.8) is 0 Å². The van der Waals surface area contributed by atoms with Gasteiger partial charge in [-0.3, -0.25) is 0 Å². The molecule has 0 aromatic heterocycles. The molecule has 6 heteroatoms. The minimum absolute atomic E-state index is 0.116. The molecule has 19 heavy (non-hydrogen) atoms. The maximum Gasteiger partial charge on any atom is 0.211 e. The fourth-order valence-corrected chi connectivity index (χ4v) is 3.85. The van der Waals surface area contributed by atoms with Gasteiger partial charge in [0.05, 0.1) is 5.75 Å². The van der Waals surface area contributed by atoms with Crippen molar-refractivity contribution in [3.8, 4) is 0 Å². The summed E-state index contributed by atoms with van der Waals surface area (Å²) in [6.45, 7) is 7.01. The molecule has 0 saturated carbocycles. The minimum atomic E-state index is -3.11. The van der Waals surface area contributed by atoms with Crippen LogP contribution in [-0.4, -0.2) is 57.8 Å². The van der Waals surface area contributed by atoms with E-state index >= 15 is 0 Å². The number of nitrogens with one attached hydrogen (secondary N) is 2. The van der Waals surface area contributed by atoms with Crippen molar-refractivity contribution in [1.82, 2.24) is 14.9 Å². The van der Waals surface area contributed by atoms with E-state index in [4.69, 9.17) is 0 Å². The van der Waals surface area contributed by atoms with Crippen molar-refractivity contribution in [3.05, 3.63) is 0 Å². The number of piperidine rings is 1. The molecule has 2 atom stereocenters. The summed E-state index contributed by atoms with van der Waals surface area (Å²) in [5, 5.41) is 3.21. The fourth-order valence-electron chi connectivity index (χ4n) is 2.43. The van der Waals surface area contributed by atoms with Crippen LogP contribution in [0.5, 0.6) is 0 Å². The smallest absolute Gasteiger partial charge is 0.211 e. The van der Waals surface area contributed by atoms with Gasteiger partial charge in [-0.25, -0.2) is 13.1 Å². The Morgan fingerprint density at radius 2 is 2.05 bits per heavy atom. The second-order valence-corrected chi connectivity index (χ2v) is 7.42. The highest BCUT2D eigenvalue weighted by Crippen LogP contribution is 2.16. The van der Waals surface area contributed by atoms with Crippen molar-refractivity contribution < 1.29 is 8.42 Å². The molecule has 0 aliphatic carbocycles. The van der Waals surface area contributed by atoms with Gasteiger partial charge in [-0.1, -0.05) is 6.92 Å². The maximum atomic E-state index is 12.0. The first-order valence-corrected chi connectivity index (χ1v) is 9.01. The van der Waals surface area contributed by atoms with Crippen LogP contribution in [0.15, 0.2) is 0 Å². The Kier molecular flexibility index (Phi) is 7.28. The second-order valence-electron chi connectivity index (χ2n) is 5.55. The van der Waals surface area contributed by atoms with Gasteiger partial charge < -0.3 is 10.2 Å². The van der Waals surface area contributed by atoms with Gasteiger partial charge in [0.25, 0.3) is 0 Å². The molecule has 0 aromatic rings. The Labute approximate surface area is 118 Å². The van der Waals surface area contributed by atoms with Crippen LogP contribution >= 0.6 is 0 Å². The standard InChI is InChI=1S/C13H29N3O2S/c1-4-14-8-5-6-10-19(17,18)15-13-7-9-16(3)12(2)11-13/h12-15H,4-11H2,1-3H3. The van der Waals surface area contributed by atoms with E-state index in [9.17, 15) is 8.42 Å². The van der Waals surface area contributed by atoms with Crippen LogP contribution in [0.3, 0.4) is 0 Å². The highest BCUT2D eigenvalue weighted by atomic mass is 32.2. The number of hydrogen-bond acceptors (Lipinski definition) is 4. The highest BCUT2D eigenvalue weighted by Gasteiger charge is 2.25. The molecule has 1 heterocycles. The second kappa shape index (κ2) is 8.19. The van der Waals surface area contributed by atoms with Crippen molar-refractivity contribution in [2.75, 3.05) is 32.4 Å². The maximum absolute atomic E-state index is 12.0. The summed E-state index contributed by atoms with van der Waals surface area (Å²) in [4.78, 5) is 2.28. The summed E-state index contributed by atoms with van der Waals surface area (Å²) in [7, 11) is -1.01. The summed E-state index contributed by atoms with van der Waals surface area (Å²) >= 11 is 0. The van der Waals surface area contributed by atoms with E-state index in [2.05, 4.69) is 35.8 Å². The van der Waals surface area contributed by atoms with Gasteiger partial charge in [0.2, 0.25) is 10.0 Å². The van der Waals surface area contributed by atoms with Gasteiger partial charge in [0.1, 0.15) is 0 Å². The minimum Gasteiger partial charge on any atom is -0.317 e. The zero-order chi connectivity index (χ0) is 14.3. The van der Waals surface area contributed by atoms with Gasteiger partial charge in [-0.15, -0.1) is 0 Å². The molecular formula is C13H29N3O2S. The molecule has 0 spiro atoms. The van der Waals surface area contributed by atoms with Crippen molar-refractivity contribution in [2.24, 2.45) is 0 Å². The lowest BCUT2D eigenvalue weighted by atomic mass is 10.0. The SMILES string of the molecule is CCNCCCCS(=O)(=O)NC1CCN(C)C(C)C1. The number of unbranched alkanes of at least 4 members (excludes halogenated alkanes) is 1. The van der Waals surface area contributed by atoms with E-state index in [1.165, 1.54) is 0 Å². The van der Waals surface area contributed by atoms with E-state index in [1.54, 1.807) is 0 Å². The van der Waals surface area contributed by atoms with Crippen LogP contribution in [0.4, 0.5) is 0 Å². The molecule has 0 bridgehead atoms. The fraction of sp³-hybridized carbons (Fsp3) is 1.00. The third-order valence-electron chi connectivity index (χ3n) is 3.82. The number of likely N-dealkylation sites (tertiary alicyclic amines) is 1. The van der Waals surface area contributed by atoms with Crippen LogP contribution < -0.4 is 10.0 Å². The molecule has 2 unspecified atom stereocenters. The average Bonchev–Trinajstić information content (AvgIpc) is 2.33. The first-order valence-electron chi connectivity index (χ1n) is 7.35. The molecule has 1 fully saturated rings. The van der Waals surface area contributed by atoms with Crippen LogP contribution in [0.25, 0.3) is 0 Å². The van der Waals surface area contributed by atoms with Crippen LogP contribution in [0, 0.1) is 0 Å². The average molecular weight is 291 g/mol. The van der Waals surface area contributed by atoms with E-state index in [-0.39, 0.29) is 11.8 Å². The van der Waals surface area contributed by atoms with E-state index in [1.807, 2.05) is 0 Å². The lowest BCUT2D eigenvalue weighted by molar-refractivity contribution is 0.178. The Bertz CT molecular complexity index is 346. The van der Waals surface area contributed by atoms with Crippen LogP contribution in [0.1, 0.15) is 39.5 Å². The van der Waals surface area contributed by atoms with Crippen LogP contribution in [-0.2, 0) is 10.0 Å². The molecule has 1 rings (SSSR count). The number of hydrogen-bond donors (Lipinski definition) is 2. The summed E-state index contributed by atoms with van der Waals surface area (Å²) in [5.74, 6) is 0.249. The Balaban J connectivity index is 2.26. The molecule has 114 valence electrons. The van der Waals surface area contributed by atoms with Crippen molar-refractivity contribution in [2.45, 2.75) is 51.6 Å². The van der Waals surface area contributed by atoms with Gasteiger partial charge in [0, 0.05) is 12.1 Å². The number of rotatable bonds is 8. The zero-order valence-corrected chi connectivity index (χ0v) is 13.3. The number of sulfonamides is 1. The topological polar surface area (TPSA) is 61.4 Å². The monoisotopic (exact) mass is 291 g/mol. The lowest BCUT2D eigenvalue weighted by Gasteiger charge is -2.35. The van der Waals surface area contributed by atoms with Crippen molar-refractivity contribution >= 4 is 10.0 Å². The van der Waals surface area contributed by atoms with E-state index in [0.717, 1.165) is 45.3 Å². The highest BCUT2D eigenvalue weighted by molar-refractivity contribution is 7.89. The third kappa shape index (κ3) is 6.70. The summed E-state index contributed by atoms with van der Waals surface area (Å²) < 4.78 is 26.8. The lowest BCUT2D eigenvalue weighted by Crippen LogP contribution is -2.47. The molecule has 1 saturated heterocycles. The molecule has 2 N–H and O–H groups in total. The van der Waals surface area contributed by atoms with E-state index < -0.39 is 10.0 Å². The predicted molar refractivity (Wildman–Crippen MR) is 79.8 cm³/mol. The molecule has 1 aliphatic heterocycles. The Morgan fingerprint density at radius 3 is 2.68 bits per heavy atom. The molecule has 5 nitrogen and oxygen atoms in total. The molecule has 0 amide bonds. The van der Waals surface area contributed by atoms with E-state index in [0.29, 0.717) is 6.04 Å². The molecule has 0 radical (unpaired) electrons. The number of nitrogens with zero attached hydrogens (tertiary/aromatic N) is 1. The van der Waals surface area contributed by atoms with Gasteiger partial charge in [-0.2, -0.15) is 0 Å². The third-order valence-corrected chi connectivity index (χ3v) is 5.34. The van der Waals surface area contributed by atoms with Crippen molar-refractivity contribution in [1.29, 1.82) is 0 Å². The van der Waals surface area contributed by atoms with Crippen LogP contribution in [0.2, 0.25) is 0 Å². The van der Waals surface area contributed by atoms with Gasteiger partial charge in [0.15, 0.2) is 0 Å². The summed E-state index contributed by atoms with van der Waals surface area (Å²) in [5.41, 5.74) is 0. The Morgan fingerprint density at radius 1 is 1.32 bits per heavy atom. The largest absolute Gasteiger partial charge is 0.317 e. The molecular weight excluding hydrogens is 262 g/mol. The summed E-state index contributed by atoms with van der Waals surface area (Å²) in [6.07, 6.45) is 3.47. The van der Waals surface area contributed by atoms with Gasteiger partial charge >= 0.3 is 0 Å².